The van der Waals surface area contributed by atoms with Crippen molar-refractivity contribution in [3.05, 3.63) is 49.6 Å². The molecule has 2 unspecified atom stereocenters. The Hall–Kier alpha value is -3.17. The maximum Gasteiger partial charge on any atom is 0.312 e. The summed E-state index contributed by atoms with van der Waals surface area (Å²) >= 11 is 0. The largest absolute Gasteiger partial charge is 0.497 e. The van der Waals surface area contributed by atoms with E-state index in [1.54, 1.807) is 42.4 Å². The van der Waals surface area contributed by atoms with E-state index in [0.29, 0.717) is 37.1 Å². The molecule has 224 valence electrons. The first-order valence-electron chi connectivity index (χ1n) is 14.7. The van der Waals surface area contributed by atoms with Crippen LogP contribution >= 0.6 is 0 Å². The van der Waals surface area contributed by atoms with Crippen molar-refractivity contribution in [3.8, 4) is 5.75 Å². The summed E-state index contributed by atoms with van der Waals surface area (Å²) in [5.74, 6) is -1.93. The van der Waals surface area contributed by atoms with Gasteiger partial charge in [-0.1, -0.05) is 26.0 Å². The number of ether oxygens (including phenoxy) is 3. The second-order valence-electron chi connectivity index (χ2n) is 11.7. The Labute approximate surface area is 243 Å². The van der Waals surface area contributed by atoms with E-state index in [9.17, 15) is 19.5 Å². The number of amides is 2. The van der Waals surface area contributed by atoms with Crippen molar-refractivity contribution in [2.75, 3.05) is 31.8 Å². The first-order valence-corrected chi connectivity index (χ1v) is 14.7. The molecule has 0 radical (unpaired) electrons. The van der Waals surface area contributed by atoms with Crippen molar-refractivity contribution in [2.24, 2.45) is 17.8 Å². The lowest BCUT2D eigenvalue weighted by molar-refractivity contribution is -0.156. The molecule has 41 heavy (non-hydrogen) atoms. The number of esters is 1. The number of rotatable bonds is 15. The number of methoxy groups -OCH3 is 1. The molecular formula is C32H44N2O7. The highest BCUT2D eigenvalue weighted by Gasteiger charge is 2.75. The molecule has 3 aliphatic rings. The predicted octanol–water partition coefficient (Wildman–Crippen LogP) is 3.90. The molecule has 0 aromatic heterocycles. The molecule has 1 aromatic rings. The fraction of sp³-hybridized carbons (Fsp3) is 0.594. The minimum atomic E-state index is -1.18. The van der Waals surface area contributed by atoms with Crippen molar-refractivity contribution in [1.82, 2.24) is 4.90 Å². The number of benzene rings is 1. The number of hydrogen-bond donors (Lipinski definition) is 1. The highest BCUT2D eigenvalue weighted by atomic mass is 16.6. The third kappa shape index (κ3) is 5.79. The van der Waals surface area contributed by atoms with E-state index < -0.39 is 41.6 Å². The van der Waals surface area contributed by atoms with Crippen LogP contribution in [0.4, 0.5) is 5.69 Å². The number of carbonyl (C=O) groups excluding carboxylic acids is 3. The number of anilines is 1. The van der Waals surface area contributed by atoms with Crippen LogP contribution in [-0.2, 0) is 23.9 Å². The second-order valence-corrected chi connectivity index (χ2v) is 11.7. The summed E-state index contributed by atoms with van der Waals surface area (Å²) < 4.78 is 17.5. The van der Waals surface area contributed by atoms with Gasteiger partial charge in [-0.15, -0.1) is 13.2 Å². The fourth-order valence-electron chi connectivity index (χ4n) is 6.87. The molecule has 9 heteroatoms. The number of likely N-dealkylation sites (tertiary alicyclic amines) is 1. The number of fused-ring (bicyclic) bond motifs is 1. The molecule has 3 saturated heterocycles. The van der Waals surface area contributed by atoms with Crippen LogP contribution in [0.2, 0.25) is 0 Å². The van der Waals surface area contributed by atoms with E-state index >= 15 is 0 Å². The molecular weight excluding hydrogens is 524 g/mol. The molecule has 4 rings (SSSR count). The number of carbonyl (C=O) groups is 3. The Kier molecular flexibility index (Phi) is 9.92. The van der Waals surface area contributed by atoms with Gasteiger partial charge >= 0.3 is 5.97 Å². The molecule has 3 fully saturated rings. The van der Waals surface area contributed by atoms with E-state index in [2.05, 4.69) is 13.2 Å². The molecule has 0 aliphatic carbocycles. The number of hydrogen-bond acceptors (Lipinski definition) is 7. The summed E-state index contributed by atoms with van der Waals surface area (Å²) in [6, 6.07) is 5.50. The van der Waals surface area contributed by atoms with E-state index in [4.69, 9.17) is 14.2 Å². The van der Waals surface area contributed by atoms with Crippen molar-refractivity contribution >= 4 is 23.5 Å². The average molecular weight is 569 g/mol. The Morgan fingerprint density at radius 1 is 1.22 bits per heavy atom. The minimum absolute atomic E-state index is 0.160. The number of aliphatic hydroxyl groups excluding tert-OH is 1. The highest BCUT2D eigenvalue weighted by Crippen LogP contribution is 2.59. The molecule has 9 nitrogen and oxygen atoms in total. The van der Waals surface area contributed by atoms with Gasteiger partial charge in [-0.3, -0.25) is 14.4 Å². The monoisotopic (exact) mass is 568 g/mol. The molecule has 1 spiro atoms. The SMILES string of the molecule is C=CCCCCOC(=O)[C@@H]1[C@@H]2CCC3(O2)C(C(=O)N(CC=C)c2ccc(OC)cc2)N([C@@H](CO)CC(C)C)C(=O)[C@H]13. The zero-order chi connectivity index (χ0) is 29.7. The summed E-state index contributed by atoms with van der Waals surface area (Å²) in [5.41, 5.74) is -0.558. The number of allylic oxidation sites excluding steroid dienone is 1. The van der Waals surface area contributed by atoms with Crippen LogP contribution in [0.1, 0.15) is 52.4 Å². The zero-order valence-corrected chi connectivity index (χ0v) is 24.5. The predicted molar refractivity (Wildman–Crippen MR) is 155 cm³/mol. The van der Waals surface area contributed by atoms with Crippen LogP contribution in [0, 0.1) is 17.8 Å². The van der Waals surface area contributed by atoms with Crippen LogP contribution in [0.15, 0.2) is 49.6 Å². The number of nitrogens with zero attached hydrogens (tertiary/aromatic N) is 2. The van der Waals surface area contributed by atoms with Crippen molar-refractivity contribution in [3.63, 3.8) is 0 Å². The standard InChI is InChI=1S/C32H44N2O7/c1-6-8-9-10-18-40-31(38)26-25-15-16-32(41-25)27(26)29(36)34(23(20-35)19-21(3)4)28(32)30(37)33(17-7-2)22-11-13-24(39-5)14-12-22/h6-7,11-14,21,23,25-28,35H,1-2,8-10,15-20H2,3-5H3/t23-,25+,26-,27+,28?,32?/m1/s1. The quantitative estimate of drug-likeness (QED) is 0.194. The Morgan fingerprint density at radius 2 is 1.95 bits per heavy atom. The van der Waals surface area contributed by atoms with Gasteiger partial charge < -0.3 is 29.1 Å². The normalized spacial score (nSPS) is 27.0. The van der Waals surface area contributed by atoms with Crippen molar-refractivity contribution < 1.29 is 33.7 Å². The van der Waals surface area contributed by atoms with Crippen LogP contribution in [-0.4, -0.2) is 78.4 Å². The Morgan fingerprint density at radius 3 is 2.56 bits per heavy atom. The molecule has 6 atom stereocenters. The lowest BCUT2D eigenvalue weighted by Crippen LogP contribution is -2.59. The van der Waals surface area contributed by atoms with Gasteiger partial charge in [0, 0.05) is 12.2 Å². The maximum absolute atomic E-state index is 14.6. The molecule has 0 saturated carbocycles. The van der Waals surface area contributed by atoms with Gasteiger partial charge in [0.15, 0.2) is 0 Å². The van der Waals surface area contributed by atoms with Gasteiger partial charge in [-0.25, -0.2) is 0 Å². The van der Waals surface area contributed by atoms with E-state index in [1.807, 2.05) is 19.9 Å². The molecule has 1 aromatic carbocycles. The van der Waals surface area contributed by atoms with Crippen LogP contribution in [0.25, 0.3) is 0 Å². The number of unbranched alkanes of at least 4 members (excludes halogenated alkanes) is 2. The van der Waals surface area contributed by atoms with E-state index in [0.717, 1.165) is 12.8 Å². The third-order valence-corrected chi connectivity index (χ3v) is 8.60. The maximum atomic E-state index is 14.6. The summed E-state index contributed by atoms with van der Waals surface area (Å²) in [6.45, 7) is 11.7. The third-order valence-electron chi connectivity index (χ3n) is 8.60. The minimum Gasteiger partial charge on any atom is -0.497 e. The number of aliphatic hydroxyl groups is 1. The smallest absolute Gasteiger partial charge is 0.312 e. The summed E-state index contributed by atoms with van der Waals surface area (Å²) in [6.07, 6.45) is 6.88. The first-order chi connectivity index (χ1) is 19.7. The van der Waals surface area contributed by atoms with E-state index in [1.165, 1.54) is 4.90 Å². The van der Waals surface area contributed by atoms with Gasteiger partial charge in [0.05, 0.1) is 44.3 Å². The van der Waals surface area contributed by atoms with Gasteiger partial charge in [-0.2, -0.15) is 0 Å². The van der Waals surface area contributed by atoms with Gasteiger partial charge in [0.25, 0.3) is 5.91 Å². The van der Waals surface area contributed by atoms with Gasteiger partial charge in [-0.05, 0) is 68.7 Å². The van der Waals surface area contributed by atoms with E-state index in [-0.39, 0.29) is 37.5 Å². The lowest BCUT2D eigenvalue weighted by atomic mass is 9.70. The van der Waals surface area contributed by atoms with Gasteiger partial charge in [0.2, 0.25) is 5.91 Å². The lowest BCUT2D eigenvalue weighted by Gasteiger charge is -2.39. The first kappa shape index (κ1) is 30.8. The highest BCUT2D eigenvalue weighted by molar-refractivity contribution is 6.04. The molecule has 2 bridgehead atoms. The van der Waals surface area contributed by atoms with Crippen LogP contribution in [0.3, 0.4) is 0 Å². The fourth-order valence-corrected chi connectivity index (χ4v) is 6.87. The summed E-state index contributed by atoms with van der Waals surface area (Å²) in [7, 11) is 1.57. The van der Waals surface area contributed by atoms with Gasteiger partial charge in [0.1, 0.15) is 17.4 Å². The molecule has 3 heterocycles. The Balaban J connectivity index is 1.71. The molecule has 2 amide bonds. The molecule has 1 N–H and O–H groups in total. The zero-order valence-electron chi connectivity index (χ0n) is 24.5. The second kappa shape index (κ2) is 13.2. The van der Waals surface area contributed by atoms with Crippen LogP contribution < -0.4 is 9.64 Å². The molecule has 3 aliphatic heterocycles. The van der Waals surface area contributed by atoms with Crippen LogP contribution in [0.5, 0.6) is 5.75 Å². The Bertz CT molecular complexity index is 1120. The average Bonchev–Trinajstić information content (AvgIpc) is 3.61. The topological polar surface area (TPSA) is 106 Å². The summed E-state index contributed by atoms with van der Waals surface area (Å²) in [5, 5.41) is 10.5. The summed E-state index contributed by atoms with van der Waals surface area (Å²) in [4.78, 5) is 45.4. The van der Waals surface area contributed by atoms with Crippen molar-refractivity contribution in [2.45, 2.75) is 76.2 Å². The van der Waals surface area contributed by atoms with Crippen molar-refractivity contribution in [1.29, 1.82) is 0 Å².